The van der Waals surface area contributed by atoms with E-state index >= 15 is 0 Å². The molecule has 3 rings (SSSR count). The monoisotopic (exact) mass is 461 g/mol. The maximum Gasteiger partial charge on any atom is 0.262 e. The number of ether oxygens (including phenoxy) is 2. The summed E-state index contributed by atoms with van der Waals surface area (Å²) < 4.78 is 12.0. The highest BCUT2D eigenvalue weighted by Gasteiger charge is 2.20. The van der Waals surface area contributed by atoms with Gasteiger partial charge in [-0.15, -0.1) is 0 Å². The Morgan fingerprint density at radius 3 is 2.77 bits per heavy atom. The molecule has 0 spiro atoms. The first-order valence-corrected chi connectivity index (χ1v) is 11.0. The van der Waals surface area contributed by atoms with E-state index < -0.39 is 5.25 Å². The maximum atomic E-state index is 13.0. The van der Waals surface area contributed by atoms with Crippen LogP contribution < -0.4 is 15.6 Å². The largest absolute Gasteiger partial charge is 0.496 e. The molecule has 1 N–H and O–H groups in total. The number of halogens is 1. The van der Waals surface area contributed by atoms with Gasteiger partial charge in [-0.1, -0.05) is 41.6 Å². The normalized spacial score (nSPS) is 12.0. The molecule has 0 saturated carbocycles. The molecule has 0 saturated heterocycles. The number of carbonyl (C=O) groups excluding carboxylic acids is 1. The summed E-state index contributed by atoms with van der Waals surface area (Å²) in [6.45, 7) is 2.80. The molecule has 3 aromatic rings. The molecule has 1 amide bonds. The van der Waals surface area contributed by atoms with E-state index in [0.717, 1.165) is 5.56 Å². The summed E-state index contributed by atoms with van der Waals surface area (Å²) in [6, 6.07) is 12.5. The number of hydrogen-bond donors (Lipinski definition) is 1. The van der Waals surface area contributed by atoms with Gasteiger partial charge in [0.05, 0.1) is 36.4 Å². The van der Waals surface area contributed by atoms with Crippen molar-refractivity contribution in [1.29, 1.82) is 0 Å². The third-order valence-electron chi connectivity index (χ3n) is 4.70. The van der Waals surface area contributed by atoms with E-state index in [-0.39, 0.29) is 11.5 Å². The molecule has 0 aliphatic rings. The lowest BCUT2D eigenvalue weighted by molar-refractivity contribution is -0.120. The van der Waals surface area contributed by atoms with E-state index in [1.165, 1.54) is 16.3 Å². The van der Waals surface area contributed by atoms with E-state index in [9.17, 15) is 9.59 Å². The van der Waals surface area contributed by atoms with E-state index in [2.05, 4.69) is 10.3 Å². The summed E-state index contributed by atoms with van der Waals surface area (Å²) in [5, 5.41) is 3.84. The molecule has 164 valence electrons. The number of nitrogens with zero attached hydrogens (tertiary/aromatic N) is 2. The molecule has 2 aromatic carbocycles. The van der Waals surface area contributed by atoms with Gasteiger partial charge in [0.25, 0.3) is 5.56 Å². The number of aromatic nitrogens is 2. The van der Waals surface area contributed by atoms with Crippen LogP contribution in [0.4, 0.5) is 0 Å². The van der Waals surface area contributed by atoms with Crippen LogP contribution in [0.25, 0.3) is 10.9 Å². The molecular weight excluding hydrogens is 438 g/mol. The Labute approximate surface area is 189 Å². The molecular formula is C22H24ClN3O4S. The highest BCUT2D eigenvalue weighted by molar-refractivity contribution is 8.00. The first kappa shape index (κ1) is 23.1. The van der Waals surface area contributed by atoms with Crippen LogP contribution in [-0.2, 0) is 22.6 Å². The maximum absolute atomic E-state index is 13.0. The SMILES string of the molecule is COCCn1c(SC(C)C(=O)NCc2ccccc2OC)nc2cc(Cl)ccc2c1=O. The van der Waals surface area contributed by atoms with Crippen molar-refractivity contribution < 1.29 is 14.3 Å². The smallest absolute Gasteiger partial charge is 0.262 e. The molecule has 1 heterocycles. The molecule has 31 heavy (non-hydrogen) atoms. The van der Waals surface area contributed by atoms with Crippen LogP contribution in [0.5, 0.6) is 5.75 Å². The van der Waals surface area contributed by atoms with Gasteiger partial charge in [-0.2, -0.15) is 0 Å². The third kappa shape index (κ3) is 5.58. The number of thioether (sulfide) groups is 1. The van der Waals surface area contributed by atoms with E-state index in [0.29, 0.717) is 46.5 Å². The predicted molar refractivity (Wildman–Crippen MR) is 123 cm³/mol. The van der Waals surface area contributed by atoms with Gasteiger partial charge in [0.2, 0.25) is 5.91 Å². The summed E-state index contributed by atoms with van der Waals surface area (Å²) in [5.41, 5.74) is 1.18. The Bertz CT molecular complexity index is 1140. The Morgan fingerprint density at radius 2 is 2.03 bits per heavy atom. The average Bonchev–Trinajstić information content (AvgIpc) is 2.77. The first-order chi connectivity index (χ1) is 14.9. The van der Waals surface area contributed by atoms with Gasteiger partial charge in [-0.3, -0.25) is 14.2 Å². The van der Waals surface area contributed by atoms with E-state index in [4.69, 9.17) is 21.1 Å². The number of nitrogens with one attached hydrogen (secondary N) is 1. The number of methoxy groups -OCH3 is 2. The number of benzene rings is 2. The van der Waals surface area contributed by atoms with Crippen LogP contribution in [-0.4, -0.2) is 41.5 Å². The second-order valence-electron chi connectivity index (χ2n) is 6.80. The van der Waals surface area contributed by atoms with Gasteiger partial charge in [0.1, 0.15) is 5.75 Å². The zero-order valence-corrected chi connectivity index (χ0v) is 19.1. The molecule has 0 aliphatic carbocycles. The summed E-state index contributed by atoms with van der Waals surface area (Å²) >= 11 is 7.30. The van der Waals surface area contributed by atoms with Gasteiger partial charge < -0.3 is 14.8 Å². The number of amides is 1. The lowest BCUT2D eigenvalue weighted by Gasteiger charge is -2.17. The summed E-state index contributed by atoms with van der Waals surface area (Å²) in [4.78, 5) is 30.3. The molecule has 0 radical (unpaired) electrons. The fraction of sp³-hybridized carbons (Fsp3) is 0.318. The highest BCUT2D eigenvalue weighted by Crippen LogP contribution is 2.24. The van der Waals surface area contributed by atoms with E-state index in [1.807, 2.05) is 24.3 Å². The average molecular weight is 462 g/mol. The standard InChI is InChI=1S/C22H24ClN3O4S/c1-14(20(27)24-13-15-6-4-5-7-19(15)30-3)31-22-25-18-12-16(23)8-9-17(18)21(28)26(22)10-11-29-2/h4-9,12,14H,10-11,13H2,1-3H3,(H,24,27). The van der Waals surface area contributed by atoms with Crippen molar-refractivity contribution in [1.82, 2.24) is 14.9 Å². The van der Waals surface area contributed by atoms with Crippen LogP contribution in [0.1, 0.15) is 12.5 Å². The molecule has 1 aromatic heterocycles. The van der Waals surface area contributed by atoms with Gasteiger partial charge in [-0.05, 0) is 31.2 Å². The van der Waals surface area contributed by atoms with Gasteiger partial charge in [-0.25, -0.2) is 4.98 Å². The van der Waals surface area contributed by atoms with Gasteiger partial charge in [0, 0.05) is 24.2 Å². The second kappa shape index (κ2) is 10.7. The number of hydrogen-bond acceptors (Lipinski definition) is 6. The lowest BCUT2D eigenvalue weighted by Crippen LogP contribution is -2.32. The Kier molecular flexibility index (Phi) is 7.95. The quantitative estimate of drug-likeness (QED) is 0.388. The Morgan fingerprint density at radius 1 is 1.26 bits per heavy atom. The summed E-state index contributed by atoms with van der Waals surface area (Å²) in [6.07, 6.45) is 0. The van der Waals surface area contributed by atoms with Gasteiger partial charge >= 0.3 is 0 Å². The van der Waals surface area contributed by atoms with Crippen molar-refractivity contribution in [2.45, 2.75) is 30.4 Å². The lowest BCUT2D eigenvalue weighted by atomic mass is 10.2. The fourth-order valence-electron chi connectivity index (χ4n) is 3.03. The van der Waals surface area contributed by atoms with Crippen LogP contribution in [0.2, 0.25) is 5.02 Å². The zero-order valence-electron chi connectivity index (χ0n) is 17.6. The van der Waals surface area contributed by atoms with Crippen molar-refractivity contribution in [2.75, 3.05) is 20.8 Å². The predicted octanol–water partition coefficient (Wildman–Crippen LogP) is 3.50. The summed E-state index contributed by atoms with van der Waals surface area (Å²) in [7, 11) is 3.16. The minimum Gasteiger partial charge on any atom is -0.496 e. The van der Waals surface area contributed by atoms with E-state index in [1.54, 1.807) is 39.3 Å². The number of para-hydroxylation sites is 1. The molecule has 7 nitrogen and oxygen atoms in total. The minimum atomic E-state index is -0.480. The van der Waals surface area contributed by atoms with Crippen molar-refractivity contribution >= 4 is 40.2 Å². The molecule has 1 atom stereocenters. The van der Waals surface area contributed by atoms with Crippen LogP contribution in [0.15, 0.2) is 52.4 Å². The van der Waals surface area contributed by atoms with Crippen LogP contribution in [0, 0.1) is 0 Å². The fourth-order valence-corrected chi connectivity index (χ4v) is 4.16. The third-order valence-corrected chi connectivity index (χ3v) is 6.02. The Hall–Kier alpha value is -2.55. The molecule has 1 unspecified atom stereocenters. The van der Waals surface area contributed by atoms with Crippen LogP contribution >= 0.6 is 23.4 Å². The molecule has 0 aliphatic heterocycles. The van der Waals surface area contributed by atoms with Crippen molar-refractivity contribution in [3.05, 3.63) is 63.4 Å². The van der Waals surface area contributed by atoms with Crippen LogP contribution in [0.3, 0.4) is 0 Å². The van der Waals surface area contributed by atoms with Crippen molar-refractivity contribution in [2.24, 2.45) is 0 Å². The number of carbonyl (C=O) groups is 1. The van der Waals surface area contributed by atoms with Gasteiger partial charge in [0.15, 0.2) is 5.16 Å². The molecule has 0 fully saturated rings. The first-order valence-electron chi connectivity index (χ1n) is 9.70. The second-order valence-corrected chi connectivity index (χ2v) is 8.54. The minimum absolute atomic E-state index is 0.172. The molecule has 0 bridgehead atoms. The zero-order chi connectivity index (χ0) is 22.4. The topological polar surface area (TPSA) is 82.4 Å². The highest BCUT2D eigenvalue weighted by atomic mass is 35.5. The van der Waals surface area contributed by atoms with Crippen molar-refractivity contribution in [3.8, 4) is 5.75 Å². The number of fused-ring (bicyclic) bond motifs is 1. The Balaban J connectivity index is 1.81. The van der Waals surface area contributed by atoms with Crippen molar-refractivity contribution in [3.63, 3.8) is 0 Å². The number of rotatable bonds is 9. The molecule has 9 heteroatoms. The summed E-state index contributed by atoms with van der Waals surface area (Å²) in [5.74, 6) is 0.541.